The van der Waals surface area contributed by atoms with Crippen LogP contribution in [0.4, 0.5) is 4.39 Å². The summed E-state index contributed by atoms with van der Waals surface area (Å²) in [5, 5.41) is 0. The maximum absolute atomic E-state index is 13.7. The van der Waals surface area contributed by atoms with Crippen LogP contribution in [0, 0.1) is 12.7 Å². The summed E-state index contributed by atoms with van der Waals surface area (Å²) in [4.78, 5) is 0. The van der Waals surface area contributed by atoms with Crippen molar-refractivity contribution in [3.05, 3.63) is 63.4 Å². The molecule has 0 heterocycles. The van der Waals surface area contributed by atoms with Gasteiger partial charge in [-0.05, 0) is 43.2 Å². The third-order valence-electron chi connectivity index (χ3n) is 3.12. The molecule has 0 aliphatic carbocycles. The normalized spacial score (nSPS) is 12.2. The third-order valence-corrected chi connectivity index (χ3v) is 3.62. The maximum atomic E-state index is 13.7. The monoisotopic (exact) mass is 337 g/mol. The molecule has 4 heteroatoms. The second-order valence-electron chi connectivity index (χ2n) is 4.84. The SMILES string of the molecule is Cc1cc([C@H](C)N)ccc1OCc1ccc(Br)cc1F. The minimum atomic E-state index is -0.274. The van der Waals surface area contributed by atoms with Gasteiger partial charge in [0.15, 0.2) is 0 Å². The molecule has 0 aromatic heterocycles. The Morgan fingerprint density at radius 1 is 1.25 bits per heavy atom. The zero-order valence-electron chi connectivity index (χ0n) is 11.5. The highest BCUT2D eigenvalue weighted by Crippen LogP contribution is 2.23. The van der Waals surface area contributed by atoms with Gasteiger partial charge in [-0.1, -0.05) is 34.1 Å². The fourth-order valence-corrected chi connectivity index (χ4v) is 2.25. The van der Waals surface area contributed by atoms with E-state index in [4.69, 9.17) is 10.5 Å². The summed E-state index contributed by atoms with van der Waals surface area (Å²) in [5.41, 5.74) is 8.43. The van der Waals surface area contributed by atoms with Crippen molar-refractivity contribution in [3.8, 4) is 5.75 Å². The van der Waals surface area contributed by atoms with E-state index in [2.05, 4.69) is 15.9 Å². The van der Waals surface area contributed by atoms with Crippen molar-refractivity contribution in [3.63, 3.8) is 0 Å². The Bertz CT molecular complexity index is 613. The van der Waals surface area contributed by atoms with Crippen molar-refractivity contribution >= 4 is 15.9 Å². The Morgan fingerprint density at radius 2 is 2.00 bits per heavy atom. The number of nitrogens with two attached hydrogens (primary N) is 1. The van der Waals surface area contributed by atoms with E-state index in [1.807, 2.05) is 32.0 Å². The van der Waals surface area contributed by atoms with Crippen LogP contribution >= 0.6 is 15.9 Å². The Kier molecular flexibility index (Phi) is 4.78. The zero-order valence-corrected chi connectivity index (χ0v) is 13.1. The Balaban J connectivity index is 2.11. The van der Waals surface area contributed by atoms with Crippen LogP contribution in [0.15, 0.2) is 40.9 Å². The second-order valence-corrected chi connectivity index (χ2v) is 5.75. The van der Waals surface area contributed by atoms with Crippen molar-refractivity contribution in [2.24, 2.45) is 5.73 Å². The van der Waals surface area contributed by atoms with E-state index in [-0.39, 0.29) is 18.5 Å². The minimum Gasteiger partial charge on any atom is -0.489 e. The number of benzene rings is 2. The Morgan fingerprint density at radius 3 is 2.60 bits per heavy atom. The molecular formula is C16H17BrFNO. The van der Waals surface area contributed by atoms with Crippen LogP contribution in [0.5, 0.6) is 5.75 Å². The summed E-state index contributed by atoms with van der Waals surface area (Å²) < 4.78 is 20.1. The smallest absolute Gasteiger partial charge is 0.130 e. The topological polar surface area (TPSA) is 35.2 Å². The molecule has 0 saturated heterocycles. The van der Waals surface area contributed by atoms with Gasteiger partial charge in [0.05, 0.1) is 0 Å². The van der Waals surface area contributed by atoms with Gasteiger partial charge in [-0.25, -0.2) is 4.39 Å². The number of hydrogen-bond donors (Lipinski definition) is 1. The summed E-state index contributed by atoms with van der Waals surface area (Å²) in [5.74, 6) is 0.473. The van der Waals surface area contributed by atoms with Gasteiger partial charge < -0.3 is 10.5 Å². The lowest BCUT2D eigenvalue weighted by atomic mass is 10.1. The lowest BCUT2D eigenvalue weighted by Crippen LogP contribution is -2.06. The molecular weight excluding hydrogens is 321 g/mol. The van der Waals surface area contributed by atoms with Gasteiger partial charge in [-0.2, -0.15) is 0 Å². The summed E-state index contributed by atoms with van der Waals surface area (Å²) >= 11 is 3.23. The number of aryl methyl sites for hydroxylation is 1. The van der Waals surface area contributed by atoms with Gasteiger partial charge in [-0.15, -0.1) is 0 Å². The van der Waals surface area contributed by atoms with Crippen LogP contribution < -0.4 is 10.5 Å². The molecule has 2 rings (SSSR count). The largest absolute Gasteiger partial charge is 0.489 e. The summed E-state index contributed by atoms with van der Waals surface area (Å²) in [6, 6.07) is 10.8. The van der Waals surface area contributed by atoms with Gasteiger partial charge in [0.1, 0.15) is 18.2 Å². The van der Waals surface area contributed by atoms with Crippen LogP contribution in [-0.4, -0.2) is 0 Å². The first-order chi connectivity index (χ1) is 9.47. The number of halogens is 2. The molecule has 0 bridgehead atoms. The second kappa shape index (κ2) is 6.37. The van der Waals surface area contributed by atoms with Gasteiger partial charge in [-0.3, -0.25) is 0 Å². The average molecular weight is 338 g/mol. The van der Waals surface area contributed by atoms with E-state index in [0.717, 1.165) is 21.3 Å². The molecule has 0 amide bonds. The molecule has 0 saturated carbocycles. The number of hydrogen-bond acceptors (Lipinski definition) is 2. The molecule has 0 spiro atoms. The molecule has 0 aliphatic heterocycles. The fourth-order valence-electron chi connectivity index (χ4n) is 1.91. The highest BCUT2D eigenvalue weighted by atomic mass is 79.9. The summed E-state index contributed by atoms with van der Waals surface area (Å²) in [6.45, 7) is 4.10. The van der Waals surface area contributed by atoms with Crippen LogP contribution in [0.2, 0.25) is 0 Å². The molecule has 20 heavy (non-hydrogen) atoms. The van der Waals surface area contributed by atoms with Gasteiger partial charge in [0, 0.05) is 16.1 Å². The Labute approximate surface area is 126 Å². The summed E-state index contributed by atoms with van der Waals surface area (Å²) in [6.07, 6.45) is 0. The van der Waals surface area contributed by atoms with Crippen LogP contribution in [0.1, 0.15) is 29.7 Å². The standard InChI is InChI=1S/C16H17BrFNO/c1-10-7-12(11(2)19)4-6-16(10)20-9-13-3-5-14(17)8-15(13)18/h3-8,11H,9,19H2,1-2H3/t11-/m0/s1. The molecule has 0 aliphatic rings. The molecule has 0 radical (unpaired) electrons. The van der Waals surface area contributed by atoms with Crippen LogP contribution in [0.25, 0.3) is 0 Å². The number of rotatable bonds is 4. The first-order valence-corrected chi connectivity index (χ1v) is 7.19. The predicted molar refractivity (Wildman–Crippen MR) is 82.2 cm³/mol. The molecule has 0 fully saturated rings. The van der Waals surface area contributed by atoms with Crippen molar-refractivity contribution < 1.29 is 9.13 Å². The highest BCUT2D eigenvalue weighted by Gasteiger charge is 2.07. The van der Waals surface area contributed by atoms with Gasteiger partial charge in [0.25, 0.3) is 0 Å². The molecule has 2 nitrogen and oxygen atoms in total. The molecule has 2 aromatic rings. The quantitative estimate of drug-likeness (QED) is 0.891. The van der Waals surface area contributed by atoms with E-state index in [1.165, 1.54) is 6.07 Å². The maximum Gasteiger partial charge on any atom is 0.130 e. The predicted octanol–water partition coefficient (Wildman–Crippen LogP) is 4.50. The van der Waals surface area contributed by atoms with Gasteiger partial charge >= 0.3 is 0 Å². The van der Waals surface area contributed by atoms with Crippen LogP contribution in [0.3, 0.4) is 0 Å². The lowest BCUT2D eigenvalue weighted by Gasteiger charge is -2.13. The Hall–Kier alpha value is -1.39. The molecule has 1 atom stereocenters. The lowest BCUT2D eigenvalue weighted by molar-refractivity contribution is 0.297. The first kappa shape index (κ1) is 15.0. The number of ether oxygens (including phenoxy) is 1. The third kappa shape index (κ3) is 3.58. The van der Waals surface area contributed by atoms with Crippen LogP contribution in [-0.2, 0) is 6.61 Å². The fraction of sp³-hybridized carbons (Fsp3) is 0.250. The van der Waals surface area contributed by atoms with E-state index in [9.17, 15) is 4.39 Å². The average Bonchev–Trinajstić information content (AvgIpc) is 2.38. The van der Waals surface area contributed by atoms with E-state index >= 15 is 0 Å². The van der Waals surface area contributed by atoms with Crippen molar-refractivity contribution in [2.45, 2.75) is 26.5 Å². The highest BCUT2D eigenvalue weighted by molar-refractivity contribution is 9.10. The molecule has 2 aromatic carbocycles. The minimum absolute atomic E-state index is 0.00771. The molecule has 0 unspecified atom stereocenters. The van der Waals surface area contributed by atoms with E-state index in [1.54, 1.807) is 12.1 Å². The molecule has 106 valence electrons. The summed E-state index contributed by atoms with van der Waals surface area (Å²) in [7, 11) is 0. The zero-order chi connectivity index (χ0) is 14.7. The van der Waals surface area contributed by atoms with E-state index < -0.39 is 0 Å². The molecule has 2 N–H and O–H groups in total. The first-order valence-electron chi connectivity index (χ1n) is 6.40. The van der Waals surface area contributed by atoms with Crippen molar-refractivity contribution in [1.29, 1.82) is 0 Å². The van der Waals surface area contributed by atoms with Crippen molar-refractivity contribution in [2.75, 3.05) is 0 Å². The van der Waals surface area contributed by atoms with E-state index in [0.29, 0.717) is 5.56 Å². The van der Waals surface area contributed by atoms with Crippen molar-refractivity contribution in [1.82, 2.24) is 0 Å². The van der Waals surface area contributed by atoms with Gasteiger partial charge in [0.2, 0.25) is 0 Å².